The van der Waals surface area contributed by atoms with Crippen LogP contribution in [0.4, 0.5) is 0 Å². The molecule has 0 bridgehead atoms. The minimum atomic E-state index is -0.561. The van der Waals surface area contributed by atoms with Gasteiger partial charge >= 0.3 is 0 Å². The Labute approximate surface area is 99.6 Å². The predicted molar refractivity (Wildman–Crippen MR) is 67.1 cm³/mol. The van der Waals surface area contributed by atoms with Gasteiger partial charge in [-0.1, -0.05) is 26.7 Å². The molecule has 0 heterocycles. The second kappa shape index (κ2) is 4.30. The van der Waals surface area contributed by atoms with E-state index in [-0.39, 0.29) is 5.54 Å². The van der Waals surface area contributed by atoms with Gasteiger partial charge in [0.2, 0.25) is 0 Å². The third-order valence-corrected chi connectivity index (χ3v) is 5.22. The zero-order valence-electron chi connectivity index (χ0n) is 10.8. The van der Waals surface area contributed by atoms with E-state index in [9.17, 15) is 5.11 Å². The molecular weight excluding hydrogens is 198 g/mol. The maximum atomic E-state index is 10.8. The molecule has 16 heavy (non-hydrogen) atoms. The van der Waals surface area contributed by atoms with Crippen LogP contribution in [0.25, 0.3) is 0 Å². The predicted octanol–water partition coefficient (Wildman–Crippen LogP) is 2.84. The van der Waals surface area contributed by atoms with Crippen molar-refractivity contribution in [3.63, 3.8) is 0 Å². The number of rotatable bonds is 2. The molecule has 2 fully saturated rings. The Kier molecular flexibility index (Phi) is 3.33. The molecule has 2 aliphatic rings. The van der Waals surface area contributed by atoms with Gasteiger partial charge in [-0.25, -0.2) is 0 Å². The van der Waals surface area contributed by atoms with Gasteiger partial charge in [-0.05, 0) is 50.4 Å². The fraction of sp³-hybridized carbons (Fsp3) is 1.00. The van der Waals surface area contributed by atoms with Crippen LogP contribution in [-0.2, 0) is 0 Å². The molecule has 0 aromatic carbocycles. The standard InChI is InChI=1S/C14H27NO/c1-11(2)12-5-9-14(16,10-6-12)13(15)7-3-4-8-13/h11-12,16H,3-10,15H2,1-2H3. The van der Waals surface area contributed by atoms with E-state index in [2.05, 4.69) is 13.8 Å². The molecule has 2 nitrogen and oxygen atoms in total. The topological polar surface area (TPSA) is 46.2 Å². The Balaban J connectivity index is 2.00. The van der Waals surface area contributed by atoms with Crippen molar-refractivity contribution in [1.82, 2.24) is 0 Å². The molecule has 0 unspecified atom stereocenters. The van der Waals surface area contributed by atoms with Crippen molar-refractivity contribution in [3.05, 3.63) is 0 Å². The molecule has 2 heteroatoms. The summed E-state index contributed by atoms with van der Waals surface area (Å²) in [5, 5.41) is 10.8. The number of aliphatic hydroxyl groups is 1. The van der Waals surface area contributed by atoms with E-state index in [4.69, 9.17) is 5.73 Å². The minimum absolute atomic E-state index is 0.269. The molecule has 94 valence electrons. The summed E-state index contributed by atoms with van der Waals surface area (Å²) < 4.78 is 0. The molecule has 2 saturated carbocycles. The fourth-order valence-electron chi connectivity index (χ4n) is 3.75. The fourth-order valence-corrected chi connectivity index (χ4v) is 3.75. The molecule has 2 rings (SSSR count). The van der Waals surface area contributed by atoms with Gasteiger partial charge in [0.25, 0.3) is 0 Å². The van der Waals surface area contributed by atoms with Gasteiger partial charge in [0.05, 0.1) is 5.60 Å². The first kappa shape index (κ1) is 12.4. The highest BCUT2D eigenvalue weighted by molar-refractivity contribution is 5.07. The highest BCUT2D eigenvalue weighted by Crippen LogP contribution is 2.46. The van der Waals surface area contributed by atoms with Gasteiger partial charge in [-0.2, -0.15) is 0 Å². The second-order valence-electron chi connectivity index (χ2n) is 6.48. The van der Waals surface area contributed by atoms with E-state index >= 15 is 0 Å². The van der Waals surface area contributed by atoms with Crippen LogP contribution in [0.3, 0.4) is 0 Å². The maximum Gasteiger partial charge on any atom is 0.0826 e. The average Bonchev–Trinajstić information content (AvgIpc) is 2.67. The van der Waals surface area contributed by atoms with Crippen LogP contribution in [-0.4, -0.2) is 16.2 Å². The van der Waals surface area contributed by atoms with Crippen LogP contribution in [0, 0.1) is 11.8 Å². The zero-order valence-corrected chi connectivity index (χ0v) is 10.8. The van der Waals surface area contributed by atoms with Crippen molar-refractivity contribution in [2.24, 2.45) is 17.6 Å². The lowest BCUT2D eigenvalue weighted by atomic mass is 9.66. The summed E-state index contributed by atoms with van der Waals surface area (Å²) in [6.07, 6.45) is 8.61. The van der Waals surface area contributed by atoms with Crippen LogP contribution >= 0.6 is 0 Å². The van der Waals surface area contributed by atoms with Gasteiger partial charge in [0.1, 0.15) is 0 Å². The lowest BCUT2D eigenvalue weighted by Gasteiger charge is -2.47. The molecule has 0 atom stereocenters. The van der Waals surface area contributed by atoms with Crippen molar-refractivity contribution >= 4 is 0 Å². The summed E-state index contributed by atoms with van der Waals surface area (Å²) in [5.74, 6) is 1.55. The minimum Gasteiger partial charge on any atom is -0.388 e. The van der Waals surface area contributed by atoms with Crippen molar-refractivity contribution in [3.8, 4) is 0 Å². The quantitative estimate of drug-likeness (QED) is 0.759. The Morgan fingerprint density at radius 3 is 2.00 bits per heavy atom. The molecule has 0 aromatic heterocycles. The summed E-state index contributed by atoms with van der Waals surface area (Å²) in [4.78, 5) is 0. The van der Waals surface area contributed by atoms with Crippen molar-refractivity contribution < 1.29 is 5.11 Å². The molecule has 0 spiro atoms. The first-order chi connectivity index (χ1) is 7.47. The first-order valence-corrected chi connectivity index (χ1v) is 6.98. The average molecular weight is 225 g/mol. The van der Waals surface area contributed by atoms with E-state index < -0.39 is 5.60 Å². The number of nitrogens with two attached hydrogens (primary N) is 1. The highest BCUT2D eigenvalue weighted by Gasteiger charge is 2.50. The summed E-state index contributed by atoms with van der Waals surface area (Å²) in [7, 11) is 0. The number of hydrogen-bond acceptors (Lipinski definition) is 2. The molecule has 0 aromatic rings. The normalized spacial score (nSPS) is 39.2. The van der Waals surface area contributed by atoms with Crippen LogP contribution in [0.5, 0.6) is 0 Å². The second-order valence-corrected chi connectivity index (χ2v) is 6.48. The third kappa shape index (κ3) is 2.02. The van der Waals surface area contributed by atoms with Gasteiger partial charge < -0.3 is 10.8 Å². The van der Waals surface area contributed by atoms with Crippen LogP contribution < -0.4 is 5.73 Å². The van der Waals surface area contributed by atoms with E-state index in [1.165, 1.54) is 12.8 Å². The van der Waals surface area contributed by atoms with Crippen LogP contribution in [0.2, 0.25) is 0 Å². The molecular formula is C14H27NO. The van der Waals surface area contributed by atoms with E-state index in [1.54, 1.807) is 0 Å². The zero-order chi connectivity index (χ0) is 11.8. The molecule has 0 aliphatic heterocycles. The third-order valence-electron chi connectivity index (χ3n) is 5.22. The summed E-state index contributed by atoms with van der Waals surface area (Å²) in [6, 6.07) is 0. The van der Waals surface area contributed by atoms with E-state index in [0.29, 0.717) is 0 Å². The lowest BCUT2D eigenvalue weighted by molar-refractivity contribution is -0.0754. The smallest absolute Gasteiger partial charge is 0.0826 e. The van der Waals surface area contributed by atoms with Crippen molar-refractivity contribution in [2.75, 3.05) is 0 Å². The summed E-state index contributed by atoms with van der Waals surface area (Å²) >= 11 is 0. The van der Waals surface area contributed by atoms with Gasteiger partial charge in [-0.15, -0.1) is 0 Å². The van der Waals surface area contributed by atoms with E-state index in [1.807, 2.05) is 0 Å². The number of hydrogen-bond donors (Lipinski definition) is 2. The molecule has 2 aliphatic carbocycles. The van der Waals surface area contributed by atoms with E-state index in [0.717, 1.165) is 50.4 Å². The van der Waals surface area contributed by atoms with Crippen molar-refractivity contribution in [2.45, 2.75) is 76.4 Å². The summed E-state index contributed by atoms with van der Waals surface area (Å²) in [6.45, 7) is 4.59. The SMILES string of the molecule is CC(C)C1CCC(O)(C2(N)CCCC2)CC1. The van der Waals surface area contributed by atoms with Gasteiger partial charge in [-0.3, -0.25) is 0 Å². The Bertz CT molecular complexity index is 235. The molecule has 0 saturated heterocycles. The Morgan fingerprint density at radius 2 is 1.56 bits per heavy atom. The summed E-state index contributed by atoms with van der Waals surface area (Å²) in [5.41, 5.74) is 5.61. The largest absolute Gasteiger partial charge is 0.388 e. The van der Waals surface area contributed by atoms with Crippen LogP contribution in [0.1, 0.15) is 65.2 Å². The highest BCUT2D eigenvalue weighted by atomic mass is 16.3. The molecule has 3 N–H and O–H groups in total. The van der Waals surface area contributed by atoms with Gasteiger partial charge in [0.15, 0.2) is 0 Å². The van der Waals surface area contributed by atoms with Gasteiger partial charge in [0, 0.05) is 5.54 Å². The Morgan fingerprint density at radius 1 is 1.06 bits per heavy atom. The monoisotopic (exact) mass is 225 g/mol. The molecule has 0 amide bonds. The molecule has 0 radical (unpaired) electrons. The Hall–Kier alpha value is -0.0800. The van der Waals surface area contributed by atoms with Crippen molar-refractivity contribution in [1.29, 1.82) is 0 Å². The first-order valence-electron chi connectivity index (χ1n) is 6.98. The van der Waals surface area contributed by atoms with Crippen LogP contribution in [0.15, 0.2) is 0 Å². The maximum absolute atomic E-state index is 10.8. The lowest BCUT2D eigenvalue weighted by Crippen LogP contribution is -2.60.